The number of aliphatic imine (C=N–C) groups is 1. The van der Waals surface area contributed by atoms with Crippen LogP contribution >= 0.6 is 0 Å². The lowest BCUT2D eigenvalue weighted by Crippen LogP contribution is -2.20. The number of alkyl halides is 1. The maximum Gasteiger partial charge on any atom is 0.301 e. The number of amidine groups is 1. The molecule has 0 spiro atoms. The molecule has 1 aromatic carbocycles. The molecule has 0 amide bonds. The molecular weight excluding hydrogens is 381 g/mol. The van der Waals surface area contributed by atoms with E-state index in [1.807, 2.05) is 6.92 Å². The maximum absolute atomic E-state index is 13.3. The summed E-state index contributed by atoms with van der Waals surface area (Å²) in [7, 11) is 1.56. The van der Waals surface area contributed by atoms with E-state index in [0.29, 0.717) is 18.0 Å². The fourth-order valence-corrected chi connectivity index (χ4v) is 2.89. The molecule has 0 atom stereocenters. The van der Waals surface area contributed by atoms with Gasteiger partial charge in [0.1, 0.15) is 24.0 Å². The van der Waals surface area contributed by atoms with Crippen molar-refractivity contribution >= 4 is 17.3 Å². The monoisotopic (exact) mass is 398 g/mol. The molecule has 0 fully saturated rings. The summed E-state index contributed by atoms with van der Waals surface area (Å²) in [5.74, 6) is 1.98. The van der Waals surface area contributed by atoms with Crippen molar-refractivity contribution in [3.05, 3.63) is 52.3 Å². The minimum absolute atomic E-state index is 0.0235. The Balaban J connectivity index is 1.62. The first-order valence-corrected chi connectivity index (χ1v) is 8.92. The van der Waals surface area contributed by atoms with Crippen molar-refractivity contribution in [2.45, 2.75) is 26.6 Å². The molecule has 149 valence electrons. The smallest absolute Gasteiger partial charge is 0.301 e. The third-order valence-corrected chi connectivity index (χ3v) is 4.18. The summed E-state index contributed by atoms with van der Waals surface area (Å²) in [6.07, 6.45) is 0.718. The molecule has 0 bridgehead atoms. The van der Waals surface area contributed by atoms with Crippen molar-refractivity contribution in [2.24, 2.45) is 4.99 Å². The number of nitrogens with zero attached hydrogens (tertiary/aromatic N) is 5. The number of benzene rings is 1. The lowest BCUT2D eigenvalue weighted by molar-refractivity contribution is 0.361. The molecule has 1 aliphatic rings. The van der Waals surface area contributed by atoms with Crippen LogP contribution in [0.25, 0.3) is 0 Å². The number of fused-ring (bicyclic) bond motifs is 1. The fraction of sp³-hybridized carbons (Fsp3) is 0.263. The van der Waals surface area contributed by atoms with E-state index in [9.17, 15) is 9.18 Å². The van der Waals surface area contributed by atoms with Crippen LogP contribution in [0.2, 0.25) is 0 Å². The third-order valence-electron chi connectivity index (χ3n) is 4.18. The van der Waals surface area contributed by atoms with E-state index in [1.165, 1.54) is 6.07 Å². The van der Waals surface area contributed by atoms with Crippen LogP contribution in [-0.4, -0.2) is 27.7 Å². The van der Waals surface area contributed by atoms with Gasteiger partial charge in [-0.15, -0.1) is 0 Å². The van der Waals surface area contributed by atoms with E-state index in [4.69, 9.17) is 14.0 Å². The van der Waals surface area contributed by atoms with E-state index in [-0.39, 0.29) is 34.8 Å². The van der Waals surface area contributed by atoms with Crippen LogP contribution in [0.1, 0.15) is 24.9 Å². The van der Waals surface area contributed by atoms with Crippen molar-refractivity contribution in [1.29, 1.82) is 0 Å². The number of halogens is 1. The Kier molecular flexibility index (Phi) is 4.98. The molecule has 0 saturated carbocycles. The summed E-state index contributed by atoms with van der Waals surface area (Å²) >= 11 is 0. The van der Waals surface area contributed by atoms with Crippen LogP contribution in [0.15, 0.2) is 44.6 Å². The molecule has 3 heterocycles. The fourth-order valence-electron chi connectivity index (χ4n) is 2.89. The van der Waals surface area contributed by atoms with E-state index < -0.39 is 12.2 Å². The second-order valence-electron chi connectivity index (χ2n) is 6.15. The summed E-state index contributed by atoms with van der Waals surface area (Å²) in [5, 5.41) is 8.06. The van der Waals surface area contributed by atoms with Crippen molar-refractivity contribution in [1.82, 2.24) is 20.0 Å². The summed E-state index contributed by atoms with van der Waals surface area (Å²) in [6.45, 7) is 1.53. The van der Waals surface area contributed by atoms with Gasteiger partial charge in [0.15, 0.2) is 11.5 Å². The maximum atomic E-state index is 13.3. The van der Waals surface area contributed by atoms with Gasteiger partial charge in [-0.05, 0) is 23.7 Å². The van der Waals surface area contributed by atoms with Crippen LogP contribution in [0.4, 0.5) is 15.9 Å². The molecule has 1 radical (unpaired) electrons. The Bertz CT molecular complexity index is 1140. The van der Waals surface area contributed by atoms with E-state index in [1.54, 1.807) is 35.9 Å². The van der Waals surface area contributed by atoms with Gasteiger partial charge >= 0.3 is 5.56 Å². The quantitative estimate of drug-likeness (QED) is 0.605. The minimum atomic E-state index is -0.867. The molecule has 4 rings (SSSR count). The zero-order valence-electron chi connectivity index (χ0n) is 15.8. The van der Waals surface area contributed by atoms with Gasteiger partial charge in [-0.25, -0.2) is 14.7 Å². The van der Waals surface area contributed by atoms with Gasteiger partial charge < -0.3 is 18.6 Å². The van der Waals surface area contributed by atoms with Crippen molar-refractivity contribution in [2.75, 3.05) is 7.11 Å². The third kappa shape index (κ3) is 3.56. The molecule has 29 heavy (non-hydrogen) atoms. The van der Waals surface area contributed by atoms with Crippen LogP contribution in [-0.2, 0) is 13.2 Å². The summed E-state index contributed by atoms with van der Waals surface area (Å²) < 4.78 is 30.9. The number of methoxy groups -OCH3 is 1. The second-order valence-corrected chi connectivity index (χ2v) is 6.15. The molecule has 10 heteroatoms. The SMILES string of the molecule is CCCn1c(CF)nc(=O)c2c1N=C(c1cc(Oc3cccc(OC)c3)no1)[N]2. The van der Waals surface area contributed by atoms with Crippen molar-refractivity contribution < 1.29 is 18.4 Å². The largest absolute Gasteiger partial charge is 0.497 e. The van der Waals surface area contributed by atoms with Gasteiger partial charge in [-0.1, -0.05) is 13.0 Å². The molecule has 9 nitrogen and oxygen atoms in total. The first-order chi connectivity index (χ1) is 14.1. The molecular formula is C19H17FN5O4. The molecule has 0 unspecified atom stereocenters. The predicted molar refractivity (Wildman–Crippen MR) is 101 cm³/mol. The standard InChI is InChI=1S/C19H17FN5O4/c1-3-7-25-14(10-20)21-19(26)16-18(25)23-17(22-16)13-9-15(24-29-13)28-12-6-4-5-11(8-12)27-2/h4-6,8-9H,3,7,10H2,1-2H3. The molecule has 3 aromatic rings. The first kappa shape index (κ1) is 18.7. The topological polar surface area (TPSA) is 106 Å². The van der Waals surface area contributed by atoms with Gasteiger partial charge in [0, 0.05) is 12.6 Å². The number of hydrogen-bond donors (Lipinski definition) is 0. The summed E-state index contributed by atoms with van der Waals surface area (Å²) in [5.41, 5.74) is -0.580. The van der Waals surface area contributed by atoms with Gasteiger partial charge in [0.25, 0.3) is 5.88 Å². The lowest BCUT2D eigenvalue weighted by atomic mass is 10.3. The van der Waals surface area contributed by atoms with Gasteiger partial charge in [-0.2, -0.15) is 4.98 Å². The highest BCUT2D eigenvalue weighted by molar-refractivity contribution is 6.04. The normalized spacial score (nSPS) is 12.3. The zero-order chi connectivity index (χ0) is 20.4. The van der Waals surface area contributed by atoms with E-state index in [2.05, 4.69) is 20.4 Å². The highest BCUT2D eigenvalue weighted by Crippen LogP contribution is 2.31. The Morgan fingerprint density at radius 2 is 2.07 bits per heavy atom. The average Bonchev–Trinajstić information content (AvgIpc) is 3.37. The number of ether oxygens (including phenoxy) is 2. The van der Waals surface area contributed by atoms with E-state index in [0.717, 1.165) is 6.42 Å². The molecule has 0 aliphatic carbocycles. The van der Waals surface area contributed by atoms with Gasteiger partial charge in [0.2, 0.25) is 11.6 Å². The number of hydrogen-bond acceptors (Lipinski definition) is 7. The predicted octanol–water partition coefficient (Wildman–Crippen LogP) is 3.24. The number of rotatable bonds is 7. The molecule has 0 N–H and O–H groups in total. The van der Waals surface area contributed by atoms with Crippen LogP contribution in [0, 0.1) is 0 Å². The van der Waals surface area contributed by atoms with E-state index >= 15 is 0 Å². The molecule has 2 aromatic heterocycles. The van der Waals surface area contributed by atoms with Crippen LogP contribution in [0.3, 0.4) is 0 Å². The Hall–Kier alpha value is -3.69. The number of aromatic nitrogens is 3. The van der Waals surface area contributed by atoms with Crippen LogP contribution < -0.4 is 20.3 Å². The zero-order valence-corrected chi connectivity index (χ0v) is 15.8. The molecule has 0 saturated heterocycles. The van der Waals surface area contributed by atoms with Crippen molar-refractivity contribution in [3.8, 4) is 17.4 Å². The highest BCUT2D eigenvalue weighted by atomic mass is 19.1. The minimum Gasteiger partial charge on any atom is -0.497 e. The average molecular weight is 398 g/mol. The Labute approximate surface area is 164 Å². The summed E-state index contributed by atoms with van der Waals surface area (Å²) in [6, 6.07) is 8.51. The molecule has 1 aliphatic heterocycles. The second kappa shape index (κ2) is 7.74. The van der Waals surface area contributed by atoms with Gasteiger partial charge in [-0.3, -0.25) is 4.79 Å². The Morgan fingerprint density at radius 1 is 1.24 bits per heavy atom. The first-order valence-electron chi connectivity index (χ1n) is 8.92. The van der Waals surface area contributed by atoms with Crippen molar-refractivity contribution in [3.63, 3.8) is 0 Å². The lowest BCUT2D eigenvalue weighted by Gasteiger charge is -2.11. The van der Waals surface area contributed by atoms with Crippen LogP contribution in [0.5, 0.6) is 17.4 Å². The Morgan fingerprint density at radius 3 is 2.83 bits per heavy atom. The highest BCUT2D eigenvalue weighted by Gasteiger charge is 2.28. The van der Waals surface area contributed by atoms with Gasteiger partial charge in [0.05, 0.1) is 13.2 Å². The summed E-state index contributed by atoms with van der Waals surface area (Å²) in [4.78, 5) is 20.3.